The van der Waals surface area contributed by atoms with E-state index in [0.717, 1.165) is 17.9 Å². The van der Waals surface area contributed by atoms with Crippen molar-refractivity contribution in [3.8, 4) is 0 Å². The molecule has 1 aromatic rings. The van der Waals surface area contributed by atoms with Crippen LogP contribution in [0.15, 0.2) is 10.6 Å². The number of rotatable bonds is 3. The first-order valence-corrected chi connectivity index (χ1v) is 5.00. The molecular weight excluding hydrogens is 194 g/mol. The summed E-state index contributed by atoms with van der Waals surface area (Å²) >= 11 is 0. The smallest absolute Gasteiger partial charge is 0.227 e. The van der Waals surface area contributed by atoms with Crippen LogP contribution in [0.5, 0.6) is 0 Å². The van der Waals surface area contributed by atoms with E-state index in [1.807, 2.05) is 13.0 Å². The van der Waals surface area contributed by atoms with E-state index >= 15 is 0 Å². The van der Waals surface area contributed by atoms with Crippen LogP contribution in [-0.2, 0) is 11.3 Å². The Labute approximate surface area is 88.2 Å². The first kappa shape index (κ1) is 10.2. The van der Waals surface area contributed by atoms with Crippen molar-refractivity contribution in [1.82, 2.24) is 10.1 Å². The van der Waals surface area contributed by atoms with Crippen LogP contribution in [-0.4, -0.2) is 29.1 Å². The molecule has 0 saturated heterocycles. The first-order chi connectivity index (χ1) is 7.08. The van der Waals surface area contributed by atoms with E-state index in [-0.39, 0.29) is 17.9 Å². The molecule has 1 amide bonds. The number of hydrogen-bond acceptors (Lipinski definition) is 4. The maximum Gasteiger partial charge on any atom is 0.227 e. The SMILES string of the molecule is Cc1cc(CN(C)C(=O)C2CC2N)no1. The molecule has 15 heavy (non-hydrogen) atoms. The molecule has 0 radical (unpaired) electrons. The fourth-order valence-corrected chi connectivity index (χ4v) is 1.60. The van der Waals surface area contributed by atoms with Crippen LogP contribution >= 0.6 is 0 Å². The van der Waals surface area contributed by atoms with Crippen LogP contribution in [0.1, 0.15) is 17.9 Å². The van der Waals surface area contributed by atoms with Crippen LogP contribution in [0.4, 0.5) is 0 Å². The Hall–Kier alpha value is -1.36. The second-order valence-corrected chi connectivity index (χ2v) is 4.13. The maximum absolute atomic E-state index is 11.7. The fourth-order valence-electron chi connectivity index (χ4n) is 1.60. The highest BCUT2D eigenvalue weighted by Gasteiger charge is 2.41. The van der Waals surface area contributed by atoms with Crippen molar-refractivity contribution in [2.75, 3.05) is 7.05 Å². The summed E-state index contributed by atoms with van der Waals surface area (Å²) < 4.78 is 4.93. The summed E-state index contributed by atoms with van der Waals surface area (Å²) in [5.74, 6) is 0.875. The third kappa shape index (κ3) is 2.18. The number of nitrogens with two attached hydrogens (primary N) is 1. The lowest BCUT2D eigenvalue weighted by Gasteiger charge is -2.14. The Morgan fingerprint density at radius 2 is 2.47 bits per heavy atom. The lowest BCUT2D eigenvalue weighted by molar-refractivity contribution is -0.131. The molecule has 2 atom stereocenters. The second-order valence-electron chi connectivity index (χ2n) is 4.13. The van der Waals surface area contributed by atoms with Crippen molar-refractivity contribution < 1.29 is 9.32 Å². The topological polar surface area (TPSA) is 72.4 Å². The van der Waals surface area contributed by atoms with Gasteiger partial charge < -0.3 is 15.2 Å². The Morgan fingerprint density at radius 3 is 2.93 bits per heavy atom. The van der Waals surface area contributed by atoms with E-state index < -0.39 is 0 Å². The van der Waals surface area contributed by atoms with E-state index in [0.29, 0.717) is 6.54 Å². The molecule has 2 N–H and O–H groups in total. The van der Waals surface area contributed by atoms with E-state index in [4.69, 9.17) is 10.3 Å². The van der Waals surface area contributed by atoms with E-state index in [2.05, 4.69) is 5.16 Å². The molecule has 2 rings (SSSR count). The first-order valence-electron chi connectivity index (χ1n) is 5.00. The molecule has 1 aromatic heterocycles. The Balaban J connectivity index is 1.92. The molecule has 5 nitrogen and oxygen atoms in total. The third-order valence-electron chi connectivity index (χ3n) is 2.61. The lowest BCUT2D eigenvalue weighted by Crippen LogP contribution is -2.29. The van der Waals surface area contributed by atoms with Crippen molar-refractivity contribution in [3.05, 3.63) is 17.5 Å². The zero-order valence-corrected chi connectivity index (χ0v) is 8.93. The van der Waals surface area contributed by atoms with Crippen LogP contribution in [0.3, 0.4) is 0 Å². The van der Waals surface area contributed by atoms with E-state index in [1.165, 1.54) is 0 Å². The maximum atomic E-state index is 11.7. The van der Waals surface area contributed by atoms with Gasteiger partial charge in [0.05, 0.1) is 12.5 Å². The fraction of sp³-hybridized carbons (Fsp3) is 0.600. The van der Waals surface area contributed by atoms with Gasteiger partial charge in [-0.25, -0.2) is 0 Å². The van der Waals surface area contributed by atoms with Crippen LogP contribution < -0.4 is 5.73 Å². The predicted octanol–water partition coefficient (Wildman–Crippen LogP) is 0.289. The summed E-state index contributed by atoms with van der Waals surface area (Å²) in [6.07, 6.45) is 0.807. The molecule has 1 heterocycles. The average molecular weight is 209 g/mol. The van der Waals surface area contributed by atoms with Gasteiger partial charge in [0.25, 0.3) is 0 Å². The minimum Gasteiger partial charge on any atom is -0.361 e. The minimum absolute atomic E-state index is 0.0167. The molecular formula is C10H15N3O2. The van der Waals surface area contributed by atoms with Gasteiger partial charge in [-0.3, -0.25) is 4.79 Å². The monoisotopic (exact) mass is 209 g/mol. The standard InChI is InChI=1S/C10H15N3O2/c1-6-3-7(12-15-6)5-13(2)10(14)8-4-9(8)11/h3,8-9H,4-5,11H2,1-2H3. The van der Waals surface area contributed by atoms with Crippen LogP contribution in [0.25, 0.3) is 0 Å². The molecule has 0 aromatic carbocycles. The van der Waals surface area contributed by atoms with E-state index in [9.17, 15) is 4.79 Å². The normalized spacial score (nSPS) is 23.9. The highest BCUT2D eigenvalue weighted by molar-refractivity contribution is 5.82. The molecule has 5 heteroatoms. The van der Waals surface area contributed by atoms with Gasteiger partial charge in [0.1, 0.15) is 11.5 Å². The Bertz CT molecular complexity index is 374. The molecule has 82 valence electrons. The molecule has 1 fully saturated rings. The summed E-state index contributed by atoms with van der Waals surface area (Å²) in [6, 6.07) is 1.88. The van der Waals surface area contributed by atoms with Gasteiger partial charge in [0.2, 0.25) is 5.91 Å². The van der Waals surface area contributed by atoms with Gasteiger partial charge >= 0.3 is 0 Å². The lowest BCUT2D eigenvalue weighted by atomic mass is 10.3. The Kier molecular flexibility index (Phi) is 2.48. The molecule has 1 saturated carbocycles. The Morgan fingerprint density at radius 1 is 1.80 bits per heavy atom. The van der Waals surface area contributed by atoms with Crippen molar-refractivity contribution in [3.63, 3.8) is 0 Å². The summed E-state index contributed by atoms with van der Waals surface area (Å²) in [7, 11) is 1.76. The number of carbonyl (C=O) groups excluding carboxylic acids is 1. The molecule has 0 aliphatic heterocycles. The summed E-state index contributed by atoms with van der Waals surface area (Å²) in [4.78, 5) is 13.4. The summed E-state index contributed by atoms with van der Waals surface area (Å²) in [5, 5.41) is 3.84. The van der Waals surface area contributed by atoms with Gasteiger partial charge in [0.15, 0.2) is 0 Å². The number of nitrogens with zero attached hydrogens (tertiary/aromatic N) is 2. The second kappa shape index (κ2) is 3.66. The molecule has 2 unspecified atom stereocenters. The van der Waals surface area contributed by atoms with Crippen molar-refractivity contribution in [1.29, 1.82) is 0 Å². The van der Waals surface area contributed by atoms with Gasteiger partial charge in [-0.15, -0.1) is 0 Å². The predicted molar refractivity (Wildman–Crippen MR) is 53.8 cm³/mol. The van der Waals surface area contributed by atoms with Gasteiger partial charge in [-0.2, -0.15) is 0 Å². The average Bonchev–Trinajstić information content (AvgIpc) is 2.77. The number of aromatic nitrogens is 1. The molecule has 0 spiro atoms. The van der Waals surface area contributed by atoms with Gasteiger partial charge in [0, 0.05) is 19.2 Å². The summed E-state index contributed by atoms with van der Waals surface area (Å²) in [6.45, 7) is 2.31. The molecule has 0 bridgehead atoms. The minimum atomic E-state index is 0.0167. The highest BCUT2D eigenvalue weighted by Crippen LogP contribution is 2.29. The van der Waals surface area contributed by atoms with Gasteiger partial charge in [-0.1, -0.05) is 5.16 Å². The number of amides is 1. The number of aryl methyl sites for hydroxylation is 1. The molecule has 1 aliphatic rings. The van der Waals surface area contributed by atoms with Crippen LogP contribution in [0.2, 0.25) is 0 Å². The number of carbonyl (C=O) groups is 1. The van der Waals surface area contributed by atoms with Crippen molar-refractivity contribution in [2.24, 2.45) is 11.7 Å². The number of hydrogen-bond donors (Lipinski definition) is 1. The van der Waals surface area contributed by atoms with Gasteiger partial charge in [-0.05, 0) is 13.3 Å². The zero-order chi connectivity index (χ0) is 11.0. The highest BCUT2D eigenvalue weighted by atomic mass is 16.5. The quantitative estimate of drug-likeness (QED) is 0.776. The third-order valence-corrected chi connectivity index (χ3v) is 2.61. The zero-order valence-electron chi connectivity index (χ0n) is 8.93. The summed E-state index contributed by atoms with van der Waals surface area (Å²) in [5.41, 5.74) is 6.40. The largest absolute Gasteiger partial charge is 0.361 e. The molecule has 1 aliphatic carbocycles. The van der Waals surface area contributed by atoms with E-state index in [1.54, 1.807) is 11.9 Å². The van der Waals surface area contributed by atoms with Crippen molar-refractivity contribution in [2.45, 2.75) is 25.9 Å². The van der Waals surface area contributed by atoms with Crippen LogP contribution in [0, 0.1) is 12.8 Å². The van der Waals surface area contributed by atoms with Crippen molar-refractivity contribution >= 4 is 5.91 Å².